The molecule has 0 aliphatic carbocycles. The first-order valence-electron chi connectivity index (χ1n) is 9.83. The molecule has 152 valence electrons. The van der Waals surface area contributed by atoms with E-state index in [1.54, 1.807) is 7.05 Å². The number of rotatable bonds is 6. The monoisotopic (exact) mass is 486 g/mol. The lowest BCUT2D eigenvalue weighted by molar-refractivity contribution is -0.121. The zero-order chi connectivity index (χ0) is 18.9. The minimum absolute atomic E-state index is 0. The highest BCUT2D eigenvalue weighted by molar-refractivity contribution is 14.0. The lowest BCUT2D eigenvalue weighted by atomic mass is 9.93. The van der Waals surface area contributed by atoms with Gasteiger partial charge in [-0.2, -0.15) is 0 Å². The van der Waals surface area contributed by atoms with Crippen molar-refractivity contribution in [1.82, 2.24) is 15.5 Å². The summed E-state index contributed by atoms with van der Waals surface area (Å²) in [5, 5.41) is 6.16. The van der Waals surface area contributed by atoms with Gasteiger partial charge in [-0.15, -0.1) is 24.0 Å². The summed E-state index contributed by atoms with van der Waals surface area (Å²) in [6.07, 6.45) is 3.71. The van der Waals surface area contributed by atoms with Crippen molar-refractivity contribution in [2.24, 2.45) is 10.9 Å². The predicted molar refractivity (Wildman–Crippen MR) is 124 cm³/mol. The molecule has 1 heterocycles. The number of aryl methyl sites for hydroxylation is 2. The number of carbonyl (C=O) groups excluding carboxylic acids is 1. The van der Waals surface area contributed by atoms with Crippen LogP contribution in [0.5, 0.6) is 0 Å². The van der Waals surface area contributed by atoms with Crippen molar-refractivity contribution in [3.05, 3.63) is 34.9 Å². The standard InChI is InChI=1S/C21H34N4O.HI/c1-5-23-21(24-11-8-19-7-6-16(2)14-17(19)3)25-12-9-18(10-13-25)15-20(26)22-4;/h6-7,14,18H,5,8-13,15H2,1-4H3,(H,22,26)(H,23,24);1H. The van der Waals surface area contributed by atoms with Crippen molar-refractivity contribution >= 4 is 35.8 Å². The Bertz CT molecular complexity index is 625. The average molecular weight is 486 g/mol. The molecule has 0 bridgehead atoms. The number of benzene rings is 1. The second-order valence-corrected chi connectivity index (χ2v) is 7.22. The molecular formula is C21H35IN4O. The third-order valence-corrected chi connectivity index (χ3v) is 5.14. The van der Waals surface area contributed by atoms with Crippen molar-refractivity contribution in [3.63, 3.8) is 0 Å². The molecule has 1 aromatic rings. The highest BCUT2D eigenvalue weighted by Gasteiger charge is 2.22. The molecule has 2 rings (SSSR count). The number of hydrogen-bond donors (Lipinski definition) is 2. The number of halogens is 1. The second-order valence-electron chi connectivity index (χ2n) is 7.22. The maximum Gasteiger partial charge on any atom is 0.220 e. The lowest BCUT2D eigenvalue weighted by Crippen LogP contribution is -2.46. The fourth-order valence-electron chi connectivity index (χ4n) is 3.55. The predicted octanol–water partition coefficient (Wildman–Crippen LogP) is 3.28. The van der Waals surface area contributed by atoms with Crippen LogP contribution >= 0.6 is 24.0 Å². The SMILES string of the molecule is CCNC(=NCCc1ccc(C)cc1C)N1CCC(CC(=O)NC)CC1.I. The molecule has 1 fully saturated rings. The van der Waals surface area contributed by atoms with E-state index in [2.05, 4.69) is 54.5 Å². The summed E-state index contributed by atoms with van der Waals surface area (Å²) < 4.78 is 0. The van der Waals surface area contributed by atoms with Crippen molar-refractivity contribution < 1.29 is 4.79 Å². The zero-order valence-electron chi connectivity index (χ0n) is 17.2. The lowest BCUT2D eigenvalue weighted by Gasteiger charge is -2.34. The third-order valence-electron chi connectivity index (χ3n) is 5.14. The molecule has 5 nitrogen and oxygen atoms in total. The fraction of sp³-hybridized carbons (Fsp3) is 0.619. The van der Waals surface area contributed by atoms with E-state index in [1.165, 1.54) is 16.7 Å². The molecule has 1 amide bonds. The Labute approximate surface area is 181 Å². The number of guanidine groups is 1. The number of nitrogens with one attached hydrogen (secondary N) is 2. The van der Waals surface area contributed by atoms with E-state index in [-0.39, 0.29) is 29.9 Å². The third kappa shape index (κ3) is 7.68. The molecule has 2 N–H and O–H groups in total. The van der Waals surface area contributed by atoms with Crippen molar-refractivity contribution in [2.45, 2.75) is 46.5 Å². The van der Waals surface area contributed by atoms with Gasteiger partial charge in [-0.25, -0.2) is 0 Å². The van der Waals surface area contributed by atoms with Gasteiger partial charge >= 0.3 is 0 Å². The summed E-state index contributed by atoms with van der Waals surface area (Å²) in [5.74, 6) is 1.65. The molecule has 0 atom stereocenters. The average Bonchev–Trinajstić information content (AvgIpc) is 2.63. The molecule has 0 saturated carbocycles. The van der Waals surface area contributed by atoms with E-state index in [4.69, 9.17) is 4.99 Å². The van der Waals surface area contributed by atoms with E-state index < -0.39 is 0 Å². The molecule has 1 aliphatic heterocycles. The Balaban J connectivity index is 0.00000364. The van der Waals surface area contributed by atoms with Crippen LogP contribution in [0.3, 0.4) is 0 Å². The van der Waals surface area contributed by atoms with E-state index in [0.717, 1.165) is 51.4 Å². The number of carbonyl (C=O) groups is 1. The highest BCUT2D eigenvalue weighted by Crippen LogP contribution is 2.20. The fourth-order valence-corrected chi connectivity index (χ4v) is 3.55. The highest BCUT2D eigenvalue weighted by atomic mass is 127. The van der Waals surface area contributed by atoms with Gasteiger partial charge in [0, 0.05) is 39.6 Å². The van der Waals surface area contributed by atoms with Gasteiger partial charge in [-0.3, -0.25) is 9.79 Å². The largest absolute Gasteiger partial charge is 0.359 e. The first-order valence-corrected chi connectivity index (χ1v) is 9.83. The quantitative estimate of drug-likeness (QED) is 0.369. The first-order chi connectivity index (χ1) is 12.5. The summed E-state index contributed by atoms with van der Waals surface area (Å²) in [5.41, 5.74) is 4.03. The zero-order valence-corrected chi connectivity index (χ0v) is 19.5. The number of likely N-dealkylation sites (tertiary alicyclic amines) is 1. The van der Waals surface area contributed by atoms with Gasteiger partial charge in [-0.1, -0.05) is 23.8 Å². The molecule has 0 radical (unpaired) electrons. The van der Waals surface area contributed by atoms with Crippen LogP contribution in [0.2, 0.25) is 0 Å². The summed E-state index contributed by atoms with van der Waals surface area (Å²) in [7, 11) is 1.71. The Kier molecular flexibility index (Phi) is 10.7. The Morgan fingerprint density at radius 1 is 1.26 bits per heavy atom. The van der Waals surface area contributed by atoms with Crippen LogP contribution in [0.4, 0.5) is 0 Å². The van der Waals surface area contributed by atoms with Crippen LogP contribution in [-0.2, 0) is 11.2 Å². The molecule has 27 heavy (non-hydrogen) atoms. The van der Waals surface area contributed by atoms with E-state index in [1.807, 2.05) is 0 Å². The van der Waals surface area contributed by atoms with Gasteiger partial charge in [-0.05, 0) is 57.1 Å². The van der Waals surface area contributed by atoms with Crippen LogP contribution in [0.15, 0.2) is 23.2 Å². The summed E-state index contributed by atoms with van der Waals surface area (Å²) in [6.45, 7) is 10.0. The van der Waals surface area contributed by atoms with E-state index in [9.17, 15) is 4.79 Å². The molecule has 1 aliphatic rings. The van der Waals surface area contributed by atoms with E-state index >= 15 is 0 Å². The summed E-state index contributed by atoms with van der Waals surface area (Å²) in [6, 6.07) is 6.63. The number of piperidine rings is 1. The van der Waals surface area contributed by atoms with Gasteiger partial charge in [0.2, 0.25) is 5.91 Å². The normalized spacial score (nSPS) is 15.3. The van der Waals surface area contributed by atoms with Crippen LogP contribution in [-0.4, -0.2) is 50.0 Å². The van der Waals surface area contributed by atoms with Crippen LogP contribution in [0.1, 0.15) is 42.9 Å². The van der Waals surface area contributed by atoms with Crippen molar-refractivity contribution in [2.75, 3.05) is 33.2 Å². The second kappa shape index (κ2) is 12.2. The van der Waals surface area contributed by atoms with Gasteiger partial charge in [0.1, 0.15) is 0 Å². The number of hydrogen-bond acceptors (Lipinski definition) is 2. The Morgan fingerprint density at radius 2 is 1.96 bits per heavy atom. The Hall–Kier alpha value is -1.31. The Morgan fingerprint density at radius 3 is 2.56 bits per heavy atom. The van der Waals surface area contributed by atoms with Gasteiger partial charge in [0.15, 0.2) is 5.96 Å². The van der Waals surface area contributed by atoms with Crippen LogP contribution < -0.4 is 10.6 Å². The number of aliphatic imine (C=N–C) groups is 1. The van der Waals surface area contributed by atoms with Gasteiger partial charge in [0.25, 0.3) is 0 Å². The smallest absolute Gasteiger partial charge is 0.220 e. The molecule has 0 spiro atoms. The maximum atomic E-state index is 11.6. The molecule has 0 unspecified atom stereocenters. The number of nitrogens with zero attached hydrogens (tertiary/aromatic N) is 2. The molecule has 0 aromatic heterocycles. The molecule has 1 saturated heterocycles. The summed E-state index contributed by atoms with van der Waals surface area (Å²) in [4.78, 5) is 18.8. The molecular weight excluding hydrogens is 451 g/mol. The molecule has 6 heteroatoms. The van der Waals surface area contributed by atoms with Crippen molar-refractivity contribution in [3.8, 4) is 0 Å². The maximum absolute atomic E-state index is 11.6. The minimum Gasteiger partial charge on any atom is -0.359 e. The molecule has 1 aromatic carbocycles. The van der Waals surface area contributed by atoms with Crippen LogP contribution in [0.25, 0.3) is 0 Å². The van der Waals surface area contributed by atoms with Crippen LogP contribution in [0, 0.1) is 19.8 Å². The van der Waals surface area contributed by atoms with Gasteiger partial charge in [0.05, 0.1) is 0 Å². The number of amides is 1. The first kappa shape index (κ1) is 23.7. The minimum atomic E-state index is 0. The van der Waals surface area contributed by atoms with E-state index in [0.29, 0.717) is 12.3 Å². The summed E-state index contributed by atoms with van der Waals surface area (Å²) >= 11 is 0. The topological polar surface area (TPSA) is 56.7 Å². The van der Waals surface area contributed by atoms with Crippen molar-refractivity contribution in [1.29, 1.82) is 0 Å². The van der Waals surface area contributed by atoms with Gasteiger partial charge < -0.3 is 15.5 Å².